The Morgan fingerprint density at radius 3 is 2.52 bits per heavy atom. The number of aryl methyl sites for hydroxylation is 1. The first-order chi connectivity index (χ1) is 9.99. The number of benzene rings is 2. The number of para-hydroxylation sites is 1. The van der Waals surface area contributed by atoms with E-state index in [9.17, 15) is 4.39 Å². The maximum Gasteiger partial charge on any atom is 0.167 e. The van der Waals surface area contributed by atoms with Gasteiger partial charge in [-0.05, 0) is 37.1 Å². The molecule has 0 heterocycles. The van der Waals surface area contributed by atoms with Gasteiger partial charge in [0.05, 0.1) is 0 Å². The summed E-state index contributed by atoms with van der Waals surface area (Å²) in [4.78, 5) is 0. The van der Waals surface area contributed by atoms with Gasteiger partial charge in [0, 0.05) is 18.2 Å². The minimum atomic E-state index is -0.334. The summed E-state index contributed by atoms with van der Waals surface area (Å²) in [6, 6.07) is 11.2. The topological polar surface area (TPSA) is 21.3 Å². The Hall–Kier alpha value is -1.87. The number of hydrogen-bond donors (Lipinski definition) is 1. The molecule has 0 aliphatic rings. The predicted molar refractivity (Wildman–Crippen MR) is 84.4 cm³/mol. The quantitative estimate of drug-likeness (QED) is 0.858. The highest BCUT2D eigenvalue weighted by Crippen LogP contribution is 2.31. The van der Waals surface area contributed by atoms with E-state index in [1.165, 1.54) is 6.07 Å². The van der Waals surface area contributed by atoms with Crippen molar-refractivity contribution in [2.24, 2.45) is 0 Å². The van der Waals surface area contributed by atoms with Gasteiger partial charge in [-0.2, -0.15) is 0 Å². The number of hydrogen-bond acceptors (Lipinski definition) is 2. The molecule has 0 unspecified atom stereocenters. The average Bonchev–Trinajstić information content (AvgIpc) is 2.44. The van der Waals surface area contributed by atoms with E-state index in [1.807, 2.05) is 38.1 Å². The van der Waals surface area contributed by atoms with Crippen LogP contribution in [-0.2, 0) is 6.54 Å². The van der Waals surface area contributed by atoms with Gasteiger partial charge in [0.25, 0.3) is 0 Å². The maximum absolute atomic E-state index is 14.1. The molecule has 2 aromatic carbocycles. The molecule has 2 nitrogen and oxygen atoms in total. The molecule has 0 spiro atoms. The van der Waals surface area contributed by atoms with E-state index in [0.29, 0.717) is 24.1 Å². The summed E-state index contributed by atoms with van der Waals surface area (Å²) >= 11 is 0. The fraction of sp³-hybridized carbons (Fsp3) is 0.333. The highest BCUT2D eigenvalue weighted by atomic mass is 19.1. The van der Waals surface area contributed by atoms with Crippen molar-refractivity contribution >= 4 is 0 Å². The van der Waals surface area contributed by atoms with Crippen molar-refractivity contribution in [1.82, 2.24) is 5.32 Å². The summed E-state index contributed by atoms with van der Waals surface area (Å²) in [6.45, 7) is 8.70. The zero-order valence-corrected chi connectivity index (χ0v) is 13.0. The lowest BCUT2D eigenvalue weighted by Crippen LogP contribution is -2.22. The predicted octanol–water partition coefficient (Wildman–Crippen LogP) is 4.73. The van der Waals surface area contributed by atoms with Crippen molar-refractivity contribution in [3.8, 4) is 11.5 Å². The average molecular weight is 287 g/mol. The minimum Gasteiger partial charge on any atom is -0.454 e. The van der Waals surface area contributed by atoms with Crippen LogP contribution in [0.15, 0.2) is 36.4 Å². The van der Waals surface area contributed by atoms with Gasteiger partial charge in [-0.3, -0.25) is 0 Å². The first-order valence-electron chi connectivity index (χ1n) is 7.24. The van der Waals surface area contributed by atoms with E-state index in [2.05, 4.69) is 19.2 Å². The SMILES string of the molecule is Cc1cccc(Oc2c(F)cccc2CNC(C)C)c1C. The third-order valence-corrected chi connectivity index (χ3v) is 3.52. The monoisotopic (exact) mass is 287 g/mol. The van der Waals surface area contributed by atoms with Crippen LogP contribution in [0, 0.1) is 19.7 Å². The molecular weight excluding hydrogens is 265 g/mol. The molecule has 21 heavy (non-hydrogen) atoms. The van der Waals surface area contributed by atoms with Crippen LogP contribution in [0.1, 0.15) is 30.5 Å². The largest absolute Gasteiger partial charge is 0.454 e. The zero-order chi connectivity index (χ0) is 15.4. The van der Waals surface area contributed by atoms with Crippen LogP contribution in [0.3, 0.4) is 0 Å². The highest BCUT2D eigenvalue weighted by Gasteiger charge is 2.13. The molecule has 3 heteroatoms. The number of rotatable bonds is 5. The Morgan fingerprint density at radius 1 is 1.10 bits per heavy atom. The van der Waals surface area contributed by atoms with E-state index >= 15 is 0 Å². The normalized spacial score (nSPS) is 11.0. The molecule has 0 amide bonds. The van der Waals surface area contributed by atoms with Crippen LogP contribution >= 0.6 is 0 Å². The number of ether oxygens (including phenoxy) is 1. The molecule has 2 rings (SSSR count). The molecule has 2 aromatic rings. The first-order valence-corrected chi connectivity index (χ1v) is 7.24. The molecular formula is C18H22FNO. The molecule has 1 N–H and O–H groups in total. The van der Waals surface area contributed by atoms with Crippen LogP contribution < -0.4 is 10.1 Å². The van der Waals surface area contributed by atoms with Crippen molar-refractivity contribution in [2.75, 3.05) is 0 Å². The van der Waals surface area contributed by atoms with Gasteiger partial charge >= 0.3 is 0 Å². The number of nitrogens with one attached hydrogen (secondary N) is 1. The Labute approximate surface area is 126 Å². The van der Waals surface area contributed by atoms with Crippen LogP contribution in [0.5, 0.6) is 11.5 Å². The summed E-state index contributed by atoms with van der Waals surface area (Å²) in [7, 11) is 0. The molecule has 0 radical (unpaired) electrons. The molecule has 0 saturated carbocycles. The highest BCUT2D eigenvalue weighted by molar-refractivity contribution is 5.44. The van der Waals surface area contributed by atoms with Crippen molar-refractivity contribution in [3.05, 3.63) is 58.9 Å². The van der Waals surface area contributed by atoms with E-state index in [1.54, 1.807) is 6.07 Å². The second-order valence-corrected chi connectivity index (χ2v) is 5.56. The lowest BCUT2D eigenvalue weighted by molar-refractivity contribution is 0.429. The van der Waals surface area contributed by atoms with Gasteiger partial charge in [-0.15, -0.1) is 0 Å². The molecule has 0 fully saturated rings. The fourth-order valence-corrected chi connectivity index (χ4v) is 2.07. The van der Waals surface area contributed by atoms with E-state index in [-0.39, 0.29) is 5.82 Å². The Bertz CT molecular complexity index is 623. The van der Waals surface area contributed by atoms with Gasteiger partial charge in [0.2, 0.25) is 0 Å². The standard InChI is InChI=1S/C18H22FNO/c1-12(2)20-11-15-8-6-9-16(19)18(15)21-17-10-5-7-13(3)14(17)4/h5-10,12,20H,11H2,1-4H3. The summed E-state index contributed by atoms with van der Waals surface area (Å²) in [5.74, 6) is 0.671. The van der Waals surface area contributed by atoms with Crippen molar-refractivity contribution < 1.29 is 9.13 Å². The first kappa shape index (κ1) is 15.5. The summed E-state index contributed by atoms with van der Waals surface area (Å²) < 4.78 is 20.0. The summed E-state index contributed by atoms with van der Waals surface area (Å²) in [6.07, 6.45) is 0. The summed E-state index contributed by atoms with van der Waals surface area (Å²) in [5.41, 5.74) is 2.99. The Kier molecular flexibility index (Phi) is 4.97. The second kappa shape index (κ2) is 6.72. The van der Waals surface area contributed by atoms with Crippen LogP contribution in [0.4, 0.5) is 4.39 Å². The zero-order valence-electron chi connectivity index (χ0n) is 13.0. The van der Waals surface area contributed by atoms with E-state index in [4.69, 9.17) is 4.74 Å². The van der Waals surface area contributed by atoms with Crippen LogP contribution in [0.25, 0.3) is 0 Å². The smallest absolute Gasteiger partial charge is 0.167 e. The molecule has 0 aromatic heterocycles. The van der Waals surface area contributed by atoms with Crippen LogP contribution in [-0.4, -0.2) is 6.04 Å². The Balaban J connectivity index is 2.32. The van der Waals surface area contributed by atoms with Crippen LogP contribution in [0.2, 0.25) is 0 Å². The molecule has 112 valence electrons. The minimum absolute atomic E-state index is 0.305. The lowest BCUT2D eigenvalue weighted by Gasteiger charge is -2.16. The summed E-state index contributed by atoms with van der Waals surface area (Å²) in [5, 5.41) is 3.29. The van der Waals surface area contributed by atoms with Gasteiger partial charge in [-0.25, -0.2) is 4.39 Å². The van der Waals surface area contributed by atoms with E-state index in [0.717, 1.165) is 16.7 Å². The third-order valence-electron chi connectivity index (χ3n) is 3.52. The lowest BCUT2D eigenvalue weighted by atomic mass is 10.1. The van der Waals surface area contributed by atoms with Crippen molar-refractivity contribution in [2.45, 2.75) is 40.3 Å². The number of halogens is 1. The molecule has 0 atom stereocenters. The molecule has 0 aliphatic heterocycles. The van der Waals surface area contributed by atoms with Gasteiger partial charge < -0.3 is 10.1 Å². The van der Waals surface area contributed by atoms with Gasteiger partial charge in [-0.1, -0.05) is 38.1 Å². The Morgan fingerprint density at radius 2 is 1.81 bits per heavy atom. The van der Waals surface area contributed by atoms with Crippen molar-refractivity contribution in [3.63, 3.8) is 0 Å². The van der Waals surface area contributed by atoms with Crippen molar-refractivity contribution in [1.29, 1.82) is 0 Å². The van der Waals surface area contributed by atoms with E-state index < -0.39 is 0 Å². The second-order valence-electron chi connectivity index (χ2n) is 5.56. The fourth-order valence-electron chi connectivity index (χ4n) is 2.07. The van der Waals surface area contributed by atoms with Gasteiger partial charge in [0.1, 0.15) is 5.75 Å². The molecule has 0 saturated heterocycles. The molecule has 0 bridgehead atoms. The van der Waals surface area contributed by atoms with Gasteiger partial charge in [0.15, 0.2) is 11.6 Å². The third kappa shape index (κ3) is 3.82. The maximum atomic E-state index is 14.1. The molecule has 0 aliphatic carbocycles.